The van der Waals surface area contributed by atoms with Gasteiger partial charge in [0.25, 0.3) is 5.91 Å². The number of esters is 1. The molecule has 0 saturated heterocycles. The Morgan fingerprint density at radius 3 is 2.36 bits per heavy atom. The third-order valence-corrected chi connectivity index (χ3v) is 3.93. The zero-order valence-corrected chi connectivity index (χ0v) is 15.0. The standard InChI is InChI=1S/C20H23NO4/c1-13-5-10-18(14(2)11-13)20(23)25-12-19(22)21-15(3)16-6-8-17(24-4)9-7-16/h5-11,15H,12H2,1-4H3,(H,21,22)/t15-/m1/s1. The summed E-state index contributed by atoms with van der Waals surface area (Å²) in [7, 11) is 1.60. The van der Waals surface area contributed by atoms with Crippen molar-refractivity contribution in [1.82, 2.24) is 5.32 Å². The third-order valence-electron chi connectivity index (χ3n) is 3.93. The largest absolute Gasteiger partial charge is 0.497 e. The SMILES string of the molecule is COc1ccc([C@@H](C)NC(=O)COC(=O)c2ccc(C)cc2C)cc1. The Morgan fingerprint density at radius 1 is 1.08 bits per heavy atom. The van der Waals surface area contributed by atoms with E-state index < -0.39 is 5.97 Å². The van der Waals surface area contributed by atoms with Gasteiger partial charge in [0.15, 0.2) is 6.61 Å². The summed E-state index contributed by atoms with van der Waals surface area (Å²) in [6.45, 7) is 5.35. The quantitative estimate of drug-likeness (QED) is 0.819. The summed E-state index contributed by atoms with van der Waals surface area (Å²) < 4.78 is 10.2. The Bertz CT molecular complexity index is 753. The fourth-order valence-electron chi connectivity index (χ4n) is 2.51. The molecule has 0 aliphatic rings. The first kappa shape index (κ1) is 18.5. The van der Waals surface area contributed by atoms with E-state index in [0.717, 1.165) is 22.4 Å². The number of rotatable bonds is 6. The van der Waals surface area contributed by atoms with E-state index >= 15 is 0 Å². The number of ether oxygens (including phenoxy) is 2. The Labute approximate surface area is 148 Å². The molecule has 0 aliphatic carbocycles. The number of carbonyl (C=O) groups excluding carboxylic acids is 2. The van der Waals surface area contributed by atoms with Crippen LogP contribution >= 0.6 is 0 Å². The second-order valence-electron chi connectivity index (χ2n) is 5.96. The first-order valence-electron chi connectivity index (χ1n) is 8.08. The molecule has 0 bridgehead atoms. The topological polar surface area (TPSA) is 64.6 Å². The molecule has 0 unspecified atom stereocenters. The minimum Gasteiger partial charge on any atom is -0.497 e. The van der Waals surface area contributed by atoms with Crippen molar-refractivity contribution in [2.45, 2.75) is 26.8 Å². The van der Waals surface area contributed by atoms with Gasteiger partial charge in [0.05, 0.1) is 18.7 Å². The number of aryl methyl sites for hydroxylation is 2. The Morgan fingerprint density at radius 2 is 1.76 bits per heavy atom. The summed E-state index contributed by atoms with van der Waals surface area (Å²) in [5, 5.41) is 2.81. The van der Waals surface area contributed by atoms with Gasteiger partial charge >= 0.3 is 5.97 Å². The summed E-state index contributed by atoms with van der Waals surface area (Å²) in [5.41, 5.74) is 3.31. The lowest BCUT2D eigenvalue weighted by atomic mass is 10.1. The maximum atomic E-state index is 12.1. The zero-order chi connectivity index (χ0) is 18.4. The lowest BCUT2D eigenvalue weighted by Gasteiger charge is -2.15. The number of amides is 1. The van der Waals surface area contributed by atoms with Crippen LogP contribution < -0.4 is 10.1 Å². The molecule has 1 amide bonds. The van der Waals surface area contributed by atoms with Gasteiger partial charge < -0.3 is 14.8 Å². The van der Waals surface area contributed by atoms with Crippen LogP contribution in [0.1, 0.15) is 40.0 Å². The van der Waals surface area contributed by atoms with Crippen molar-refractivity contribution in [3.63, 3.8) is 0 Å². The van der Waals surface area contributed by atoms with Gasteiger partial charge in [-0.15, -0.1) is 0 Å². The van der Waals surface area contributed by atoms with Gasteiger partial charge in [-0.2, -0.15) is 0 Å². The van der Waals surface area contributed by atoms with Crippen molar-refractivity contribution in [1.29, 1.82) is 0 Å². The van der Waals surface area contributed by atoms with Crippen molar-refractivity contribution in [3.05, 3.63) is 64.7 Å². The molecular weight excluding hydrogens is 318 g/mol. The summed E-state index contributed by atoms with van der Waals surface area (Å²) in [6, 6.07) is 12.7. The van der Waals surface area contributed by atoms with E-state index in [1.54, 1.807) is 13.2 Å². The predicted molar refractivity (Wildman–Crippen MR) is 95.8 cm³/mol. The molecule has 2 rings (SSSR count). The van der Waals surface area contributed by atoms with Crippen molar-refractivity contribution >= 4 is 11.9 Å². The van der Waals surface area contributed by atoms with Gasteiger partial charge in [-0.25, -0.2) is 4.79 Å². The fourth-order valence-corrected chi connectivity index (χ4v) is 2.51. The smallest absolute Gasteiger partial charge is 0.338 e. The lowest BCUT2D eigenvalue weighted by Crippen LogP contribution is -2.31. The molecule has 0 radical (unpaired) electrons. The van der Waals surface area contributed by atoms with Crippen molar-refractivity contribution in [2.75, 3.05) is 13.7 Å². The molecular formula is C20H23NO4. The van der Waals surface area contributed by atoms with Gasteiger partial charge in [-0.1, -0.05) is 29.8 Å². The number of carbonyl (C=O) groups is 2. The van der Waals surface area contributed by atoms with Crippen molar-refractivity contribution < 1.29 is 19.1 Å². The van der Waals surface area contributed by atoms with Crippen LogP contribution in [0.15, 0.2) is 42.5 Å². The molecule has 0 heterocycles. The maximum Gasteiger partial charge on any atom is 0.338 e. The average Bonchev–Trinajstić information content (AvgIpc) is 2.59. The van der Waals surface area contributed by atoms with Crippen LogP contribution in [-0.4, -0.2) is 25.6 Å². The molecule has 0 aromatic heterocycles. The van der Waals surface area contributed by atoms with Crippen LogP contribution in [0.3, 0.4) is 0 Å². The van der Waals surface area contributed by atoms with Crippen LogP contribution in [-0.2, 0) is 9.53 Å². The number of hydrogen-bond acceptors (Lipinski definition) is 4. The highest BCUT2D eigenvalue weighted by atomic mass is 16.5. The normalized spacial score (nSPS) is 11.5. The van der Waals surface area contributed by atoms with E-state index in [2.05, 4.69) is 5.32 Å². The molecule has 0 saturated carbocycles. The molecule has 132 valence electrons. The first-order valence-corrected chi connectivity index (χ1v) is 8.08. The number of hydrogen-bond donors (Lipinski definition) is 1. The van der Waals surface area contributed by atoms with Gasteiger partial charge in [-0.3, -0.25) is 4.79 Å². The number of benzene rings is 2. The highest BCUT2D eigenvalue weighted by molar-refractivity contribution is 5.92. The lowest BCUT2D eigenvalue weighted by molar-refractivity contribution is -0.124. The molecule has 0 aliphatic heterocycles. The molecule has 2 aromatic rings. The van der Waals surface area contributed by atoms with E-state index in [9.17, 15) is 9.59 Å². The monoisotopic (exact) mass is 341 g/mol. The van der Waals surface area contributed by atoms with Gasteiger partial charge in [0, 0.05) is 0 Å². The third kappa shape index (κ3) is 5.08. The van der Waals surface area contributed by atoms with Crippen molar-refractivity contribution in [3.8, 4) is 5.75 Å². The van der Waals surface area contributed by atoms with Gasteiger partial charge in [0.1, 0.15) is 5.75 Å². The zero-order valence-electron chi connectivity index (χ0n) is 15.0. The highest BCUT2D eigenvalue weighted by Gasteiger charge is 2.14. The minimum absolute atomic E-state index is 0.196. The molecule has 5 heteroatoms. The van der Waals surface area contributed by atoms with Crippen LogP contribution in [0.25, 0.3) is 0 Å². The Balaban J connectivity index is 1.87. The van der Waals surface area contributed by atoms with Crippen molar-refractivity contribution in [2.24, 2.45) is 0 Å². The summed E-state index contributed by atoms with van der Waals surface area (Å²) in [5.74, 6) is -0.0872. The van der Waals surface area contributed by atoms with E-state index in [4.69, 9.17) is 9.47 Å². The predicted octanol–water partition coefficient (Wildman–Crippen LogP) is 3.35. The van der Waals surface area contributed by atoms with Crippen LogP contribution in [0.5, 0.6) is 5.75 Å². The van der Waals surface area contributed by atoms with E-state index in [0.29, 0.717) is 5.56 Å². The maximum absolute atomic E-state index is 12.1. The minimum atomic E-state index is -0.496. The van der Waals surface area contributed by atoms with E-state index in [-0.39, 0.29) is 18.6 Å². The second-order valence-corrected chi connectivity index (χ2v) is 5.96. The molecule has 2 aromatic carbocycles. The van der Waals surface area contributed by atoms with E-state index in [1.165, 1.54) is 0 Å². The Hall–Kier alpha value is -2.82. The van der Waals surface area contributed by atoms with Crippen LogP contribution in [0.4, 0.5) is 0 Å². The highest BCUT2D eigenvalue weighted by Crippen LogP contribution is 2.17. The first-order chi connectivity index (χ1) is 11.9. The summed E-state index contributed by atoms with van der Waals surface area (Å²) in [6.07, 6.45) is 0. The van der Waals surface area contributed by atoms with Gasteiger partial charge in [0.2, 0.25) is 0 Å². The average molecular weight is 341 g/mol. The second kappa shape index (κ2) is 8.33. The molecule has 5 nitrogen and oxygen atoms in total. The molecule has 1 N–H and O–H groups in total. The molecule has 0 fully saturated rings. The van der Waals surface area contributed by atoms with Crippen LogP contribution in [0, 0.1) is 13.8 Å². The van der Waals surface area contributed by atoms with Crippen LogP contribution in [0.2, 0.25) is 0 Å². The molecule has 0 spiro atoms. The fraction of sp³-hybridized carbons (Fsp3) is 0.300. The number of methoxy groups -OCH3 is 1. The molecule has 25 heavy (non-hydrogen) atoms. The summed E-state index contributed by atoms with van der Waals surface area (Å²) >= 11 is 0. The van der Waals surface area contributed by atoms with E-state index in [1.807, 2.05) is 57.2 Å². The molecule has 1 atom stereocenters. The van der Waals surface area contributed by atoms with Gasteiger partial charge in [-0.05, 0) is 50.1 Å². The Kier molecular flexibility index (Phi) is 6.17. The summed E-state index contributed by atoms with van der Waals surface area (Å²) in [4.78, 5) is 24.1. The number of nitrogens with one attached hydrogen (secondary N) is 1.